The van der Waals surface area contributed by atoms with Crippen molar-refractivity contribution in [3.63, 3.8) is 0 Å². The Labute approximate surface area is 80.2 Å². The van der Waals surface area contributed by atoms with Crippen molar-refractivity contribution >= 4 is 0 Å². The average molecular weight is 199 g/mol. The molecule has 0 amide bonds. The second-order valence-corrected chi connectivity index (χ2v) is 3.06. The summed E-state index contributed by atoms with van der Waals surface area (Å²) >= 11 is 0. The van der Waals surface area contributed by atoms with Gasteiger partial charge in [0.05, 0.1) is 12.6 Å². The van der Waals surface area contributed by atoms with Crippen LogP contribution in [0.25, 0.3) is 0 Å². The minimum Gasteiger partial charge on any atom is -0.390 e. The summed E-state index contributed by atoms with van der Waals surface area (Å²) in [6.07, 6.45) is 2.11. The molecule has 1 heterocycles. The number of aryl methyl sites for hydroxylation is 1. The maximum absolute atomic E-state index is 11.3. The molecule has 6 nitrogen and oxygen atoms in total. The van der Waals surface area contributed by atoms with E-state index in [1.165, 1.54) is 24.0 Å². The lowest BCUT2D eigenvalue weighted by Crippen LogP contribution is -2.42. The summed E-state index contributed by atoms with van der Waals surface area (Å²) in [5.41, 5.74) is 3.92. The van der Waals surface area contributed by atoms with Crippen molar-refractivity contribution < 1.29 is 5.11 Å². The van der Waals surface area contributed by atoms with Crippen LogP contribution >= 0.6 is 0 Å². The maximum Gasteiger partial charge on any atom is 0.316 e. The summed E-state index contributed by atoms with van der Waals surface area (Å²) in [6, 6.07) is 0. The zero-order valence-electron chi connectivity index (χ0n) is 7.88. The Morgan fingerprint density at radius 1 is 1.43 bits per heavy atom. The van der Waals surface area contributed by atoms with Gasteiger partial charge >= 0.3 is 11.1 Å². The van der Waals surface area contributed by atoms with Gasteiger partial charge in [0, 0.05) is 26.0 Å². The molecule has 0 aliphatic heterocycles. The highest BCUT2D eigenvalue weighted by atomic mass is 16.3. The SMILES string of the molecule is Cn1ccn(C[C@@H](O)CN)c(=O)c1=O. The van der Waals surface area contributed by atoms with E-state index in [0.717, 1.165) is 4.57 Å². The molecule has 78 valence electrons. The molecular formula is C8H13N3O3. The zero-order chi connectivity index (χ0) is 10.7. The number of nitrogens with zero attached hydrogens (tertiary/aromatic N) is 2. The van der Waals surface area contributed by atoms with Crippen molar-refractivity contribution in [1.82, 2.24) is 9.13 Å². The van der Waals surface area contributed by atoms with Gasteiger partial charge in [-0.05, 0) is 0 Å². The van der Waals surface area contributed by atoms with Crippen molar-refractivity contribution in [3.8, 4) is 0 Å². The standard InChI is InChI=1S/C8H13N3O3/c1-10-2-3-11(5-6(12)4-9)8(14)7(10)13/h2-3,6,12H,4-5,9H2,1H3/t6-/m0/s1. The number of aliphatic hydroxyl groups is 1. The van der Waals surface area contributed by atoms with Gasteiger partial charge in [-0.15, -0.1) is 0 Å². The highest BCUT2D eigenvalue weighted by Gasteiger charge is 2.06. The monoisotopic (exact) mass is 199 g/mol. The molecule has 0 aliphatic rings. The fourth-order valence-corrected chi connectivity index (χ4v) is 1.03. The van der Waals surface area contributed by atoms with E-state index in [4.69, 9.17) is 5.73 Å². The lowest BCUT2D eigenvalue weighted by molar-refractivity contribution is 0.160. The lowest BCUT2D eigenvalue weighted by atomic mass is 10.3. The van der Waals surface area contributed by atoms with E-state index >= 15 is 0 Å². The second-order valence-electron chi connectivity index (χ2n) is 3.06. The second kappa shape index (κ2) is 4.21. The molecule has 0 aliphatic carbocycles. The van der Waals surface area contributed by atoms with Crippen LogP contribution in [0.1, 0.15) is 0 Å². The van der Waals surface area contributed by atoms with Gasteiger partial charge < -0.3 is 20.0 Å². The minimum absolute atomic E-state index is 0.0470. The topological polar surface area (TPSA) is 90.2 Å². The van der Waals surface area contributed by atoms with Crippen LogP contribution in [0.5, 0.6) is 0 Å². The molecule has 3 N–H and O–H groups in total. The number of hydrogen-bond donors (Lipinski definition) is 2. The van der Waals surface area contributed by atoms with Crippen molar-refractivity contribution in [2.75, 3.05) is 6.54 Å². The van der Waals surface area contributed by atoms with E-state index < -0.39 is 17.2 Å². The zero-order valence-corrected chi connectivity index (χ0v) is 7.88. The van der Waals surface area contributed by atoms with Crippen LogP contribution in [-0.2, 0) is 13.6 Å². The molecular weight excluding hydrogens is 186 g/mol. The van der Waals surface area contributed by atoms with Crippen LogP contribution < -0.4 is 16.9 Å². The van der Waals surface area contributed by atoms with Crippen LogP contribution in [-0.4, -0.2) is 26.9 Å². The van der Waals surface area contributed by atoms with Gasteiger partial charge in [-0.2, -0.15) is 0 Å². The van der Waals surface area contributed by atoms with E-state index in [9.17, 15) is 14.7 Å². The first-order chi connectivity index (χ1) is 6.56. The van der Waals surface area contributed by atoms with E-state index in [-0.39, 0.29) is 13.1 Å². The Morgan fingerprint density at radius 2 is 2.07 bits per heavy atom. The number of aromatic nitrogens is 2. The molecule has 0 aromatic carbocycles. The molecule has 0 saturated heterocycles. The molecule has 0 radical (unpaired) electrons. The van der Waals surface area contributed by atoms with Gasteiger partial charge in [-0.3, -0.25) is 9.59 Å². The molecule has 1 aromatic rings. The third-order valence-electron chi connectivity index (χ3n) is 1.91. The lowest BCUT2D eigenvalue weighted by Gasteiger charge is -2.09. The van der Waals surface area contributed by atoms with Gasteiger partial charge in [0.1, 0.15) is 0 Å². The minimum atomic E-state index is -0.806. The molecule has 1 rings (SSSR count). The predicted octanol–water partition coefficient (Wildman–Crippen LogP) is -2.13. The van der Waals surface area contributed by atoms with E-state index in [1.807, 2.05) is 0 Å². The van der Waals surface area contributed by atoms with Crippen molar-refractivity contribution in [3.05, 3.63) is 33.1 Å². The van der Waals surface area contributed by atoms with Crippen LogP contribution in [0, 0.1) is 0 Å². The van der Waals surface area contributed by atoms with Crippen LogP contribution in [0.2, 0.25) is 0 Å². The summed E-state index contributed by atoms with van der Waals surface area (Å²) in [5.74, 6) is 0. The average Bonchev–Trinajstić information content (AvgIpc) is 2.19. The summed E-state index contributed by atoms with van der Waals surface area (Å²) in [7, 11) is 1.49. The summed E-state index contributed by atoms with van der Waals surface area (Å²) < 4.78 is 2.34. The van der Waals surface area contributed by atoms with Crippen LogP contribution in [0.3, 0.4) is 0 Å². The van der Waals surface area contributed by atoms with E-state index in [2.05, 4.69) is 0 Å². The summed E-state index contributed by atoms with van der Waals surface area (Å²) in [5, 5.41) is 9.20. The molecule has 0 bridgehead atoms. The molecule has 0 saturated carbocycles. The molecule has 0 spiro atoms. The Morgan fingerprint density at radius 3 is 2.64 bits per heavy atom. The van der Waals surface area contributed by atoms with Crippen molar-refractivity contribution in [2.24, 2.45) is 12.8 Å². The van der Waals surface area contributed by atoms with E-state index in [0.29, 0.717) is 0 Å². The first-order valence-corrected chi connectivity index (χ1v) is 4.20. The largest absolute Gasteiger partial charge is 0.390 e. The maximum atomic E-state index is 11.3. The number of hydrogen-bond acceptors (Lipinski definition) is 4. The first-order valence-electron chi connectivity index (χ1n) is 4.20. The Bertz CT molecular complexity index is 421. The quantitative estimate of drug-likeness (QED) is 0.544. The molecule has 0 unspecified atom stereocenters. The predicted molar refractivity (Wildman–Crippen MR) is 51.0 cm³/mol. The van der Waals surface area contributed by atoms with Gasteiger partial charge in [-0.25, -0.2) is 0 Å². The Kier molecular flexibility index (Phi) is 3.21. The van der Waals surface area contributed by atoms with Crippen LogP contribution in [0.4, 0.5) is 0 Å². The van der Waals surface area contributed by atoms with Crippen molar-refractivity contribution in [2.45, 2.75) is 12.6 Å². The highest BCUT2D eigenvalue weighted by molar-refractivity contribution is 4.85. The van der Waals surface area contributed by atoms with Gasteiger partial charge in [0.25, 0.3) is 0 Å². The van der Waals surface area contributed by atoms with E-state index in [1.54, 1.807) is 0 Å². The molecule has 14 heavy (non-hydrogen) atoms. The molecule has 6 heteroatoms. The van der Waals surface area contributed by atoms with Crippen molar-refractivity contribution in [1.29, 1.82) is 0 Å². The number of rotatable bonds is 3. The fraction of sp³-hybridized carbons (Fsp3) is 0.500. The molecule has 0 fully saturated rings. The van der Waals surface area contributed by atoms with Crippen LogP contribution in [0.15, 0.2) is 22.0 Å². The normalized spacial score (nSPS) is 12.8. The Balaban J connectivity index is 3.07. The third-order valence-corrected chi connectivity index (χ3v) is 1.91. The molecule has 1 aromatic heterocycles. The first kappa shape index (κ1) is 10.7. The summed E-state index contributed by atoms with van der Waals surface area (Å²) in [6.45, 7) is 0.104. The summed E-state index contributed by atoms with van der Waals surface area (Å²) in [4.78, 5) is 22.5. The van der Waals surface area contributed by atoms with Gasteiger partial charge in [0.2, 0.25) is 0 Å². The van der Waals surface area contributed by atoms with Gasteiger partial charge in [-0.1, -0.05) is 0 Å². The number of aliphatic hydroxyl groups excluding tert-OH is 1. The third kappa shape index (κ3) is 2.09. The number of nitrogens with two attached hydrogens (primary N) is 1. The fourth-order valence-electron chi connectivity index (χ4n) is 1.03. The Hall–Kier alpha value is -1.40. The molecule has 1 atom stereocenters. The van der Waals surface area contributed by atoms with Gasteiger partial charge in [0.15, 0.2) is 0 Å². The smallest absolute Gasteiger partial charge is 0.316 e. The highest BCUT2D eigenvalue weighted by Crippen LogP contribution is 1.84.